The van der Waals surface area contributed by atoms with Gasteiger partial charge in [-0.1, -0.05) is 11.6 Å². The van der Waals surface area contributed by atoms with Gasteiger partial charge in [0.05, 0.1) is 12.5 Å². The van der Waals surface area contributed by atoms with Crippen molar-refractivity contribution >= 4 is 17.6 Å². The van der Waals surface area contributed by atoms with E-state index in [2.05, 4.69) is 15.0 Å². The zero-order valence-electron chi connectivity index (χ0n) is 13.4. The summed E-state index contributed by atoms with van der Waals surface area (Å²) in [7, 11) is 1.90. The second-order valence-corrected chi connectivity index (χ2v) is 7.51. The maximum atomic E-state index is 10.9. The average Bonchev–Trinajstić information content (AvgIpc) is 2.81. The predicted molar refractivity (Wildman–Crippen MR) is 89.5 cm³/mol. The lowest BCUT2D eigenvalue weighted by Crippen LogP contribution is -2.62. The van der Waals surface area contributed by atoms with Gasteiger partial charge < -0.3 is 5.11 Å². The monoisotopic (exact) mass is 346 g/mol. The summed E-state index contributed by atoms with van der Waals surface area (Å²) in [6.45, 7) is 2.66. The van der Waals surface area contributed by atoms with Gasteiger partial charge in [0, 0.05) is 30.7 Å². The van der Waals surface area contributed by atoms with Crippen LogP contribution >= 0.6 is 11.6 Å². The first-order valence-corrected chi connectivity index (χ1v) is 8.43. The molecule has 0 unspecified atom stereocenters. The Balaban J connectivity index is 1.38. The number of hydrogen-bond donors (Lipinski definition) is 1. The average molecular weight is 347 g/mol. The summed E-state index contributed by atoms with van der Waals surface area (Å²) in [5, 5.41) is 14.2. The third-order valence-corrected chi connectivity index (χ3v) is 5.40. The second kappa shape index (κ2) is 5.57. The number of likely N-dealkylation sites (tertiary alicyclic amines) is 1. The molecule has 1 saturated carbocycles. The van der Waals surface area contributed by atoms with E-state index in [4.69, 9.17) is 16.7 Å². The van der Waals surface area contributed by atoms with Gasteiger partial charge in [0.15, 0.2) is 5.82 Å². The largest absolute Gasteiger partial charge is 0.481 e. The molecule has 126 valence electrons. The lowest BCUT2D eigenvalue weighted by atomic mass is 9.58. The maximum Gasteiger partial charge on any atom is 0.306 e. The summed E-state index contributed by atoms with van der Waals surface area (Å²) in [4.78, 5) is 17.9. The Bertz CT molecular complexity index is 772. The number of carbonyl (C=O) groups is 1. The Morgan fingerprint density at radius 2 is 2.00 bits per heavy atom. The molecule has 1 aliphatic heterocycles. The van der Waals surface area contributed by atoms with Gasteiger partial charge >= 0.3 is 5.97 Å². The Morgan fingerprint density at radius 1 is 1.33 bits per heavy atom. The van der Waals surface area contributed by atoms with E-state index in [1.807, 2.05) is 36.0 Å². The van der Waals surface area contributed by atoms with Crippen molar-refractivity contribution in [2.45, 2.75) is 19.4 Å². The normalized spacial score (nSPS) is 19.9. The van der Waals surface area contributed by atoms with Crippen molar-refractivity contribution in [3.8, 4) is 11.4 Å². The van der Waals surface area contributed by atoms with Gasteiger partial charge in [0.2, 0.25) is 0 Å². The number of nitrogens with zero attached hydrogens (tertiary/aromatic N) is 4. The van der Waals surface area contributed by atoms with E-state index in [0.29, 0.717) is 10.8 Å². The van der Waals surface area contributed by atoms with Crippen molar-refractivity contribution in [3.63, 3.8) is 0 Å². The minimum Gasteiger partial charge on any atom is -0.481 e. The van der Waals surface area contributed by atoms with Crippen LogP contribution in [0.5, 0.6) is 0 Å². The fraction of sp³-hybridized carbons (Fsp3) is 0.471. The Labute approximate surface area is 145 Å². The van der Waals surface area contributed by atoms with Crippen LogP contribution in [0.4, 0.5) is 0 Å². The molecule has 24 heavy (non-hydrogen) atoms. The van der Waals surface area contributed by atoms with Crippen molar-refractivity contribution in [3.05, 3.63) is 35.1 Å². The number of hydrogen-bond acceptors (Lipinski definition) is 4. The van der Waals surface area contributed by atoms with E-state index in [9.17, 15) is 4.79 Å². The summed E-state index contributed by atoms with van der Waals surface area (Å²) >= 11 is 5.92. The molecule has 1 spiro atoms. The van der Waals surface area contributed by atoms with Gasteiger partial charge in [-0.15, -0.1) is 0 Å². The number of rotatable bonds is 4. The van der Waals surface area contributed by atoms with E-state index < -0.39 is 5.97 Å². The van der Waals surface area contributed by atoms with Crippen LogP contribution in [0, 0.1) is 11.3 Å². The topological polar surface area (TPSA) is 71.2 Å². The van der Waals surface area contributed by atoms with Crippen molar-refractivity contribution < 1.29 is 9.90 Å². The number of carboxylic acid groups (broad SMARTS) is 1. The molecule has 4 rings (SSSR count). The van der Waals surface area contributed by atoms with Gasteiger partial charge in [0.1, 0.15) is 5.82 Å². The molecule has 1 saturated heterocycles. The molecule has 1 N–H and O–H groups in total. The fourth-order valence-corrected chi connectivity index (χ4v) is 4.03. The van der Waals surface area contributed by atoms with Gasteiger partial charge in [-0.3, -0.25) is 14.4 Å². The Hall–Kier alpha value is -1.92. The van der Waals surface area contributed by atoms with E-state index >= 15 is 0 Å². The third-order valence-electron chi connectivity index (χ3n) is 5.15. The number of halogens is 1. The maximum absolute atomic E-state index is 10.9. The highest BCUT2D eigenvalue weighted by Gasteiger charge is 2.54. The first kappa shape index (κ1) is 15.6. The number of aliphatic carboxylic acids is 1. The quantitative estimate of drug-likeness (QED) is 0.920. The highest BCUT2D eigenvalue weighted by molar-refractivity contribution is 6.30. The summed E-state index contributed by atoms with van der Waals surface area (Å²) < 4.78 is 1.82. The van der Waals surface area contributed by atoms with E-state index in [1.54, 1.807) is 0 Å². The zero-order valence-corrected chi connectivity index (χ0v) is 14.2. The second-order valence-electron chi connectivity index (χ2n) is 7.07. The molecular weight excluding hydrogens is 328 g/mol. The molecule has 1 aliphatic carbocycles. The van der Waals surface area contributed by atoms with Crippen LogP contribution in [0.2, 0.25) is 5.02 Å². The Morgan fingerprint density at radius 3 is 2.62 bits per heavy atom. The molecule has 0 amide bonds. The summed E-state index contributed by atoms with van der Waals surface area (Å²) in [5.74, 6) is 0.830. The third kappa shape index (κ3) is 2.70. The zero-order chi connectivity index (χ0) is 16.9. The molecule has 1 aromatic heterocycles. The molecule has 2 fully saturated rings. The molecule has 0 atom stereocenters. The lowest BCUT2D eigenvalue weighted by Gasteiger charge is -2.58. The summed E-state index contributed by atoms with van der Waals surface area (Å²) in [6, 6.07) is 7.50. The molecule has 2 aliphatic rings. The molecule has 6 nitrogen and oxygen atoms in total. The first-order chi connectivity index (χ1) is 11.4. The minimum absolute atomic E-state index is 0.140. The van der Waals surface area contributed by atoms with E-state index in [-0.39, 0.29) is 11.3 Å². The molecule has 0 bridgehead atoms. The van der Waals surface area contributed by atoms with Crippen LogP contribution in [0.15, 0.2) is 24.3 Å². The lowest BCUT2D eigenvalue weighted by molar-refractivity contribution is -0.161. The van der Waals surface area contributed by atoms with Crippen molar-refractivity contribution in [2.24, 2.45) is 18.4 Å². The molecule has 1 aromatic carbocycles. The standard InChI is InChI=1S/C17H19ClN4O2/c1-21-14(19-15(20-21)11-2-4-13(18)5-3-11)8-22-9-17(10-22)6-12(7-17)16(23)24/h2-5,12H,6-10H2,1H3,(H,23,24). The van der Waals surface area contributed by atoms with Gasteiger partial charge in [-0.2, -0.15) is 5.10 Å². The first-order valence-electron chi connectivity index (χ1n) is 8.05. The van der Waals surface area contributed by atoms with Crippen LogP contribution in [0.3, 0.4) is 0 Å². The van der Waals surface area contributed by atoms with Gasteiger partial charge in [0.25, 0.3) is 0 Å². The van der Waals surface area contributed by atoms with E-state index in [0.717, 1.165) is 43.9 Å². The molecular formula is C17H19ClN4O2. The highest BCUT2D eigenvalue weighted by atomic mass is 35.5. The SMILES string of the molecule is Cn1nc(-c2ccc(Cl)cc2)nc1CN1CC2(CC(C(=O)O)C2)C1. The molecule has 2 heterocycles. The van der Waals surface area contributed by atoms with Gasteiger partial charge in [-0.05, 0) is 42.5 Å². The molecule has 0 radical (unpaired) electrons. The van der Waals surface area contributed by atoms with E-state index in [1.165, 1.54) is 0 Å². The fourth-order valence-electron chi connectivity index (χ4n) is 3.91. The minimum atomic E-state index is -0.653. The summed E-state index contributed by atoms with van der Waals surface area (Å²) in [6.07, 6.45) is 1.63. The number of benzene rings is 1. The van der Waals surface area contributed by atoms with Crippen LogP contribution < -0.4 is 0 Å². The van der Waals surface area contributed by atoms with Crippen molar-refractivity contribution in [1.82, 2.24) is 19.7 Å². The smallest absolute Gasteiger partial charge is 0.306 e. The predicted octanol–water partition coefficient (Wildman–Crippen LogP) is 2.43. The molecule has 7 heteroatoms. The number of carboxylic acids is 1. The number of aromatic nitrogens is 3. The van der Waals surface area contributed by atoms with Crippen LogP contribution in [0.25, 0.3) is 11.4 Å². The van der Waals surface area contributed by atoms with Gasteiger partial charge in [-0.25, -0.2) is 4.98 Å². The van der Waals surface area contributed by atoms with Crippen LogP contribution in [-0.4, -0.2) is 43.8 Å². The molecule has 2 aromatic rings. The Kier molecular flexibility index (Phi) is 3.62. The van der Waals surface area contributed by atoms with Crippen molar-refractivity contribution in [1.29, 1.82) is 0 Å². The van der Waals surface area contributed by atoms with Crippen molar-refractivity contribution in [2.75, 3.05) is 13.1 Å². The summed E-state index contributed by atoms with van der Waals surface area (Å²) in [5.41, 5.74) is 1.19. The van der Waals surface area contributed by atoms with Crippen LogP contribution in [0.1, 0.15) is 18.7 Å². The number of aryl methyl sites for hydroxylation is 1. The van der Waals surface area contributed by atoms with Crippen LogP contribution in [-0.2, 0) is 18.4 Å². The highest BCUT2D eigenvalue weighted by Crippen LogP contribution is 2.52.